The number of nitriles is 1. The molecule has 0 aromatic heterocycles. The molecule has 0 aromatic rings. The van der Waals surface area contributed by atoms with Gasteiger partial charge in [-0.3, -0.25) is 0 Å². The van der Waals surface area contributed by atoms with Gasteiger partial charge < -0.3 is 15.1 Å². The zero-order valence-electron chi connectivity index (χ0n) is 11.0. The molecule has 0 saturated carbocycles. The fraction of sp³-hybridized carbons (Fsp3) is 0.923. The van der Waals surface area contributed by atoms with E-state index in [1.165, 1.54) is 32.4 Å². The van der Waals surface area contributed by atoms with Crippen LogP contribution in [-0.4, -0.2) is 62.2 Å². The van der Waals surface area contributed by atoms with Crippen LogP contribution < -0.4 is 5.32 Å². The highest BCUT2D eigenvalue weighted by molar-refractivity contribution is 4.95. The second kappa shape index (κ2) is 5.81. The van der Waals surface area contributed by atoms with E-state index in [2.05, 4.69) is 28.2 Å². The molecule has 0 bridgehead atoms. The van der Waals surface area contributed by atoms with E-state index in [0.717, 1.165) is 25.0 Å². The van der Waals surface area contributed by atoms with Crippen LogP contribution in [0.3, 0.4) is 0 Å². The summed E-state index contributed by atoms with van der Waals surface area (Å²) in [5.74, 6) is 0.818. The second-order valence-corrected chi connectivity index (χ2v) is 5.47. The maximum absolute atomic E-state index is 8.98. The van der Waals surface area contributed by atoms with Crippen molar-refractivity contribution in [3.8, 4) is 6.07 Å². The molecule has 4 heteroatoms. The Bertz CT molecular complexity index is 286. The summed E-state index contributed by atoms with van der Waals surface area (Å²) < 4.78 is 0. The molecule has 0 spiro atoms. The van der Waals surface area contributed by atoms with E-state index < -0.39 is 0 Å². The van der Waals surface area contributed by atoms with Gasteiger partial charge in [-0.05, 0) is 52.4 Å². The smallest absolute Gasteiger partial charge is 0.108 e. The third-order valence-electron chi connectivity index (χ3n) is 4.37. The van der Waals surface area contributed by atoms with Crippen LogP contribution in [0.25, 0.3) is 0 Å². The molecule has 4 nitrogen and oxygen atoms in total. The van der Waals surface area contributed by atoms with E-state index in [1.54, 1.807) is 0 Å². The van der Waals surface area contributed by atoms with Gasteiger partial charge in [-0.1, -0.05) is 0 Å². The normalized spacial score (nSPS) is 32.8. The molecule has 3 unspecified atom stereocenters. The van der Waals surface area contributed by atoms with E-state index in [-0.39, 0.29) is 6.04 Å². The molecule has 96 valence electrons. The van der Waals surface area contributed by atoms with Crippen LogP contribution in [-0.2, 0) is 0 Å². The van der Waals surface area contributed by atoms with Crippen molar-refractivity contribution in [3.05, 3.63) is 0 Å². The number of piperidine rings is 2. The van der Waals surface area contributed by atoms with Crippen LogP contribution in [0.4, 0.5) is 0 Å². The fourth-order valence-corrected chi connectivity index (χ4v) is 3.35. The van der Waals surface area contributed by atoms with Crippen molar-refractivity contribution in [2.24, 2.45) is 5.92 Å². The van der Waals surface area contributed by atoms with Crippen LogP contribution in [0.2, 0.25) is 0 Å². The van der Waals surface area contributed by atoms with Crippen LogP contribution >= 0.6 is 0 Å². The Morgan fingerprint density at radius 2 is 2.24 bits per heavy atom. The van der Waals surface area contributed by atoms with Crippen molar-refractivity contribution < 1.29 is 0 Å². The van der Waals surface area contributed by atoms with Gasteiger partial charge in [0.05, 0.1) is 6.07 Å². The van der Waals surface area contributed by atoms with Crippen LogP contribution in [0.1, 0.15) is 19.3 Å². The Morgan fingerprint density at radius 3 is 2.94 bits per heavy atom. The maximum atomic E-state index is 8.98. The number of nitrogens with zero attached hydrogens (tertiary/aromatic N) is 3. The molecule has 2 aliphatic heterocycles. The molecule has 2 fully saturated rings. The first-order valence-electron chi connectivity index (χ1n) is 6.74. The number of rotatable bonds is 3. The molecule has 0 aromatic carbocycles. The molecular weight excluding hydrogens is 212 g/mol. The van der Waals surface area contributed by atoms with Gasteiger partial charge in [-0.2, -0.15) is 5.26 Å². The van der Waals surface area contributed by atoms with E-state index in [9.17, 15) is 0 Å². The minimum absolute atomic E-state index is 0.0205. The Balaban J connectivity index is 1.87. The lowest BCUT2D eigenvalue weighted by molar-refractivity contribution is 0.0372. The fourth-order valence-electron chi connectivity index (χ4n) is 3.35. The average Bonchev–Trinajstić information content (AvgIpc) is 2.36. The summed E-state index contributed by atoms with van der Waals surface area (Å²) in [6.07, 6.45) is 3.96. The number of likely N-dealkylation sites (tertiary alicyclic amines) is 2. The molecule has 17 heavy (non-hydrogen) atoms. The van der Waals surface area contributed by atoms with Gasteiger partial charge in [0, 0.05) is 19.1 Å². The minimum Gasteiger partial charge on any atom is -0.304 e. The lowest BCUT2D eigenvalue weighted by Crippen LogP contribution is -2.54. The van der Waals surface area contributed by atoms with Gasteiger partial charge in [0.25, 0.3) is 0 Å². The Hall–Kier alpha value is -0.630. The SMILES string of the molecule is CNC(C#N)CN1CCC2C(CCCN2C)C1. The molecule has 2 saturated heterocycles. The molecule has 2 heterocycles. The highest BCUT2D eigenvalue weighted by atomic mass is 15.2. The summed E-state index contributed by atoms with van der Waals surface area (Å²) in [5.41, 5.74) is 0. The van der Waals surface area contributed by atoms with Crippen molar-refractivity contribution in [1.82, 2.24) is 15.1 Å². The van der Waals surface area contributed by atoms with Gasteiger partial charge in [-0.15, -0.1) is 0 Å². The van der Waals surface area contributed by atoms with Gasteiger partial charge in [0.1, 0.15) is 6.04 Å². The predicted octanol–water partition coefficient (Wildman–Crippen LogP) is 0.514. The molecule has 2 aliphatic rings. The zero-order valence-corrected chi connectivity index (χ0v) is 11.0. The van der Waals surface area contributed by atoms with Gasteiger partial charge in [0.15, 0.2) is 0 Å². The quantitative estimate of drug-likeness (QED) is 0.775. The lowest BCUT2D eigenvalue weighted by atomic mass is 9.84. The number of likely N-dealkylation sites (N-methyl/N-ethyl adjacent to an activating group) is 1. The largest absolute Gasteiger partial charge is 0.304 e. The molecule has 0 amide bonds. The Kier molecular flexibility index (Phi) is 4.38. The van der Waals surface area contributed by atoms with Crippen molar-refractivity contribution >= 4 is 0 Å². The van der Waals surface area contributed by atoms with Crippen LogP contribution in [0.5, 0.6) is 0 Å². The lowest BCUT2D eigenvalue weighted by Gasteiger charge is -2.46. The maximum Gasteiger partial charge on any atom is 0.108 e. The van der Waals surface area contributed by atoms with Crippen LogP contribution in [0.15, 0.2) is 0 Å². The number of hydrogen-bond acceptors (Lipinski definition) is 4. The molecule has 3 atom stereocenters. The summed E-state index contributed by atoms with van der Waals surface area (Å²) in [5, 5.41) is 12.1. The van der Waals surface area contributed by atoms with Crippen molar-refractivity contribution in [2.45, 2.75) is 31.3 Å². The highest BCUT2D eigenvalue weighted by Gasteiger charge is 2.34. The van der Waals surface area contributed by atoms with Crippen molar-refractivity contribution in [2.75, 3.05) is 40.3 Å². The topological polar surface area (TPSA) is 42.3 Å². The predicted molar refractivity (Wildman–Crippen MR) is 68.7 cm³/mol. The van der Waals surface area contributed by atoms with Gasteiger partial charge in [0.2, 0.25) is 0 Å². The average molecular weight is 236 g/mol. The Morgan fingerprint density at radius 1 is 1.41 bits per heavy atom. The molecule has 1 N–H and O–H groups in total. The van der Waals surface area contributed by atoms with E-state index in [0.29, 0.717) is 0 Å². The monoisotopic (exact) mass is 236 g/mol. The first-order valence-corrected chi connectivity index (χ1v) is 6.74. The first kappa shape index (κ1) is 12.8. The molecular formula is C13H24N4. The van der Waals surface area contributed by atoms with Crippen LogP contribution in [0, 0.1) is 17.2 Å². The van der Waals surface area contributed by atoms with Crippen molar-refractivity contribution in [1.29, 1.82) is 5.26 Å². The summed E-state index contributed by atoms with van der Waals surface area (Å²) in [7, 11) is 4.13. The van der Waals surface area contributed by atoms with E-state index in [4.69, 9.17) is 5.26 Å². The molecule has 0 radical (unpaired) electrons. The summed E-state index contributed by atoms with van der Waals surface area (Å²) >= 11 is 0. The van der Waals surface area contributed by atoms with E-state index in [1.807, 2.05) is 7.05 Å². The standard InChI is InChI=1S/C13H24N4/c1-15-12(8-14)10-17-7-5-13-11(9-17)4-3-6-16(13)2/h11-13,15H,3-7,9-10H2,1-2H3. The van der Waals surface area contributed by atoms with Gasteiger partial charge >= 0.3 is 0 Å². The number of nitrogens with one attached hydrogen (secondary N) is 1. The van der Waals surface area contributed by atoms with Gasteiger partial charge in [-0.25, -0.2) is 0 Å². The summed E-state index contributed by atoms with van der Waals surface area (Å²) in [6, 6.07) is 3.08. The Labute approximate surface area is 105 Å². The molecule has 2 rings (SSSR count). The van der Waals surface area contributed by atoms with E-state index >= 15 is 0 Å². The van der Waals surface area contributed by atoms with Crippen molar-refractivity contribution in [3.63, 3.8) is 0 Å². The summed E-state index contributed by atoms with van der Waals surface area (Å²) in [6.45, 7) is 4.46. The zero-order chi connectivity index (χ0) is 12.3. The molecule has 0 aliphatic carbocycles. The number of hydrogen-bond donors (Lipinski definition) is 1. The first-order chi connectivity index (χ1) is 8.24. The third kappa shape index (κ3) is 2.98. The third-order valence-corrected chi connectivity index (χ3v) is 4.37. The highest BCUT2D eigenvalue weighted by Crippen LogP contribution is 2.29. The second-order valence-electron chi connectivity index (χ2n) is 5.47. The minimum atomic E-state index is -0.0205. The number of fused-ring (bicyclic) bond motifs is 1. The summed E-state index contributed by atoms with van der Waals surface area (Å²) in [4.78, 5) is 5.00.